The number of aliphatic hydroxyl groups is 1. The highest BCUT2D eigenvalue weighted by Gasteiger charge is 2.21. The molecule has 88 valence electrons. The van der Waals surface area contributed by atoms with E-state index < -0.39 is 0 Å². The maximum Gasteiger partial charge on any atom is 0.0584 e. The summed E-state index contributed by atoms with van der Waals surface area (Å²) in [7, 11) is 0. The fourth-order valence-corrected chi connectivity index (χ4v) is 2.62. The van der Waals surface area contributed by atoms with E-state index in [1.807, 2.05) is 0 Å². The second-order valence-corrected chi connectivity index (χ2v) is 4.92. The Morgan fingerprint density at radius 1 is 1.31 bits per heavy atom. The average molecular weight is 219 g/mol. The summed E-state index contributed by atoms with van der Waals surface area (Å²) >= 11 is 0. The molecule has 1 saturated heterocycles. The fourth-order valence-electron chi connectivity index (χ4n) is 2.62. The maximum absolute atomic E-state index is 9.08. The third-order valence-corrected chi connectivity index (χ3v) is 3.60. The summed E-state index contributed by atoms with van der Waals surface area (Å²) in [6.07, 6.45) is 2.26. The zero-order valence-electron chi connectivity index (χ0n) is 10.2. The first-order chi connectivity index (χ1) is 7.70. The van der Waals surface area contributed by atoms with Crippen LogP contribution >= 0.6 is 0 Å². The van der Waals surface area contributed by atoms with Crippen LogP contribution in [0.2, 0.25) is 0 Å². The number of benzene rings is 1. The molecule has 2 atom stereocenters. The van der Waals surface area contributed by atoms with Crippen LogP contribution in [0, 0.1) is 13.8 Å². The predicted molar refractivity (Wildman–Crippen MR) is 66.8 cm³/mol. The number of aliphatic hydroxyl groups excluding tert-OH is 1. The Labute approximate surface area is 97.7 Å². The smallest absolute Gasteiger partial charge is 0.0584 e. The van der Waals surface area contributed by atoms with Gasteiger partial charge in [-0.1, -0.05) is 23.8 Å². The van der Waals surface area contributed by atoms with Crippen molar-refractivity contribution < 1.29 is 5.11 Å². The fraction of sp³-hybridized carbons (Fsp3) is 0.571. The summed E-state index contributed by atoms with van der Waals surface area (Å²) in [6.45, 7) is 5.59. The van der Waals surface area contributed by atoms with Gasteiger partial charge in [-0.05, 0) is 43.7 Å². The molecule has 0 bridgehead atoms. The van der Waals surface area contributed by atoms with Crippen LogP contribution in [-0.4, -0.2) is 24.3 Å². The quantitative estimate of drug-likeness (QED) is 0.798. The average Bonchev–Trinajstić information content (AvgIpc) is 2.29. The molecule has 1 heterocycles. The van der Waals surface area contributed by atoms with Gasteiger partial charge in [0.15, 0.2) is 0 Å². The normalized spacial score (nSPS) is 25.7. The molecule has 2 N–H and O–H groups in total. The van der Waals surface area contributed by atoms with Crippen molar-refractivity contribution in [1.82, 2.24) is 5.32 Å². The molecule has 0 radical (unpaired) electrons. The molecule has 1 fully saturated rings. The Kier molecular flexibility index (Phi) is 3.62. The van der Waals surface area contributed by atoms with Gasteiger partial charge in [-0.3, -0.25) is 0 Å². The van der Waals surface area contributed by atoms with Crippen LogP contribution < -0.4 is 5.32 Å². The minimum absolute atomic E-state index is 0.263. The first-order valence-electron chi connectivity index (χ1n) is 6.12. The molecule has 1 aromatic rings. The number of nitrogens with one attached hydrogen (secondary N) is 1. The summed E-state index contributed by atoms with van der Waals surface area (Å²) in [5.41, 5.74) is 4.20. The minimum atomic E-state index is 0.263. The highest BCUT2D eigenvalue weighted by Crippen LogP contribution is 2.28. The SMILES string of the molecule is Cc1ccc(C2CCC(CO)NC2)c(C)c1. The molecule has 0 aromatic heterocycles. The van der Waals surface area contributed by atoms with E-state index >= 15 is 0 Å². The summed E-state index contributed by atoms with van der Waals surface area (Å²) in [5, 5.41) is 12.5. The monoisotopic (exact) mass is 219 g/mol. The number of piperidine rings is 1. The first-order valence-corrected chi connectivity index (χ1v) is 6.12. The van der Waals surface area contributed by atoms with Gasteiger partial charge in [-0.15, -0.1) is 0 Å². The van der Waals surface area contributed by atoms with Gasteiger partial charge in [0.2, 0.25) is 0 Å². The molecule has 16 heavy (non-hydrogen) atoms. The van der Waals surface area contributed by atoms with E-state index in [2.05, 4.69) is 37.4 Å². The lowest BCUT2D eigenvalue weighted by Crippen LogP contribution is -2.40. The van der Waals surface area contributed by atoms with Crippen LogP contribution in [0.25, 0.3) is 0 Å². The molecule has 2 unspecified atom stereocenters. The van der Waals surface area contributed by atoms with E-state index in [1.165, 1.54) is 23.1 Å². The molecule has 2 heteroatoms. The van der Waals surface area contributed by atoms with Crippen molar-refractivity contribution in [2.45, 2.75) is 38.6 Å². The van der Waals surface area contributed by atoms with E-state index in [0.29, 0.717) is 12.0 Å². The van der Waals surface area contributed by atoms with Gasteiger partial charge in [0.1, 0.15) is 0 Å². The van der Waals surface area contributed by atoms with E-state index in [4.69, 9.17) is 5.11 Å². The van der Waals surface area contributed by atoms with E-state index in [1.54, 1.807) is 0 Å². The second-order valence-electron chi connectivity index (χ2n) is 4.92. The topological polar surface area (TPSA) is 32.3 Å². The van der Waals surface area contributed by atoms with Gasteiger partial charge >= 0.3 is 0 Å². The van der Waals surface area contributed by atoms with Gasteiger partial charge in [-0.2, -0.15) is 0 Å². The van der Waals surface area contributed by atoms with Gasteiger partial charge in [0.25, 0.3) is 0 Å². The lowest BCUT2D eigenvalue weighted by Gasteiger charge is -2.30. The molecular formula is C14H21NO. The highest BCUT2D eigenvalue weighted by atomic mass is 16.3. The van der Waals surface area contributed by atoms with Crippen molar-refractivity contribution >= 4 is 0 Å². The lowest BCUT2D eigenvalue weighted by molar-refractivity contribution is 0.212. The van der Waals surface area contributed by atoms with E-state index in [0.717, 1.165) is 13.0 Å². The molecule has 0 amide bonds. The van der Waals surface area contributed by atoms with Crippen molar-refractivity contribution in [3.8, 4) is 0 Å². The third-order valence-electron chi connectivity index (χ3n) is 3.60. The molecule has 1 aliphatic rings. The second kappa shape index (κ2) is 4.98. The Morgan fingerprint density at radius 3 is 2.69 bits per heavy atom. The zero-order chi connectivity index (χ0) is 11.5. The van der Waals surface area contributed by atoms with Gasteiger partial charge in [-0.25, -0.2) is 0 Å². The molecular weight excluding hydrogens is 198 g/mol. The van der Waals surface area contributed by atoms with Crippen molar-refractivity contribution in [3.05, 3.63) is 34.9 Å². The van der Waals surface area contributed by atoms with Crippen LogP contribution in [0.1, 0.15) is 35.4 Å². The predicted octanol–water partition coefficient (Wildman–Crippen LogP) is 2.13. The summed E-state index contributed by atoms with van der Waals surface area (Å²) in [6, 6.07) is 7.02. The Morgan fingerprint density at radius 2 is 2.12 bits per heavy atom. The molecule has 1 aliphatic heterocycles. The van der Waals surface area contributed by atoms with Crippen LogP contribution in [0.15, 0.2) is 18.2 Å². The van der Waals surface area contributed by atoms with Crippen molar-refractivity contribution in [1.29, 1.82) is 0 Å². The molecule has 2 rings (SSSR count). The van der Waals surface area contributed by atoms with Gasteiger partial charge < -0.3 is 10.4 Å². The third kappa shape index (κ3) is 2.45. The molecule has 0 saturated carbocycles. The van der Waals surface area contributed by atoms with Crippen LogP contribution in [0.3, 0.4) is 0 Å². The van der Waals surface area contributed by atoms with Crippen LogP contribution in [0.4, 0.5) is 0 Å². The number of hydrogen-bond donors (Lipinski definition) is 2. The number of rotatable bonds is 2. The minimum Gasteiger partial charge on any atom is -0.395 e. The van der Waals surface area contributed by atoms with Gasteiger partial charge in [0.05, 0.1) is 6.61 Å². The number of hydrogen-bond acceptors (Lipinski definition) is 2. The molecule has 1 aromatic carbocycles. The lowest BCUT2D eigenvalue weighted by atomic mass is 9.86. The zero-order valence-corrected chi connectivity index (χ0v) is 10.2. The molecule has 2 nitrogen and oxygen atoms in total. The van der Waals surface area contributed by atoms with Crippen molar-refractivity contribution in [3.63, 3.8) is 0 Å². The van der Waals surface area contributed by atoms with E-state index in [9.17, 15) is 0 Å². The Bertz CT molecular complexity index is 354. The number of aryl methyl sites for hydroxylation is 2. The van der Waals surface area contributed by atoms with E-state index in [-0.39, 0.29) is 6.61 Å². The van der Waals surface area contributed by atoms with Crippen LogP contribution in [0.5, 0.6) is 0 Å². The first kappa shape index (κ1) is 11.6. The summed E-state index contributed by atoms with van der Waals surface area (Å²) < 4.78 is 0. The Hall–Kier alpha value is -0.860. The maximum atomic E-state index is 9.08. The Balaban J connectivity index is 2.08. The summed E-state index contributed by atoms with van der Waals surface area (Å²) in [4.78, 5) is 0. The van der Waals surface area contributed by atoms with Crippen molar-refractivity contribution in [2.75, 3.05) is 13.2 Å². The summed E-state index contributed by atoms with van der Waals surface area (Å²) in [5.74, 6) is 0.614. The highest BCUT2D eigenvalue weighted by molar-refractivity contribution is 5.33. The largest absolute Gasteiger partial charge is 0.395 e. The molecule has 0 spiro atoms. The molecule has 0 aliphatic carbocycles. The van der Waals surface area contributed by atoms with Crippen molar-refractivity contribution in [2.24, 2.45) is 0 Å². The van der Waals surface area contributed by atoms with Crippen LogP contribution in [-0.2, 0) is 0 Å². The van der Waals surface area contributed by atoms with Gasteiger partial charge in [0, 0.05) is 12.6 Å². The standard InChI is InChI=1S/C14H21NO/c1-10-3-6-14(11(2)7-10)12-4-5-13(9-16)15-8-12/h3,6-7,12-13,15-16H,4-5,8-9H2,1-2H3.